The molecule has 5 unspecified atom stereocenters. The van der Waals surface area contributed by atoms with Gasteiger partial charge in [0.25, 0.3) is 0 Å². The molecular weight excluding hydrogens is 360 g/mol. The number of ketones is 1. The van der Waals surface area contributed by atoms with E-state index >= 15 is 0 Å². The molecule has 0 N–H and O–H groups in total. The van der Waals surface area contributed by atoms with Gasteiger partial charge < -0.3 is 4.43 Å². The molecule has 0 amide bonds. The minimum absolute atomic E-state index is 0.293. The fraction of sp³-hybridized carbons (Fsp3) is 0.960. The van der Waals surface area contributed by atoms with Gasteiger partial charge in [-0.1, -0.05) is 34.6 Å². The first-order chi connectivity index (χ1) is 12.9. The van der Waals surface area contributed by atoms with E-state index in [-0.39, 0.29) is 0 Å². The van der Waals surface area contributed by atoms with Gasteiger partial charge in [0.15, 0.2) is 8.32 Å². The number of Topliss-reactive ketones (excluding diaryl/α,β-unsaturated/α-hetero) is 1. The predicted octanol–water partition coefficient (Wildman–Crippen LogP) is 6.84. The molecule has 160 valence electrons. The molecule has 0 saturated heterocycles. The third-order valence-corrected chi connectivity index (χ3v) is 14.8. The predicted molar refractivity (Wildman–Crippen MR) is 119 cm³/mol. The van der Waals surface area contributed by atoms with Crippen LogP contribution in [-0.4, -0.2) is 20.2 Å². The second-order valence-electron chi connectivity index (χ2n) is 12.7. The molecule has 8 atom stereocenters. The number of fused-ring (bicyclic) bond motifs is 5. The molecule has 4 aliphatic carbocycles. The molecule has 4 aliphatic rings. The van der Waals surface area contributed by atoms with Gasteiger partial charge in [-0.2, -0.15) is 0 Å². The topological polar surface area (TPSA) is 26.3 Å². The van der Waals surface area contributed by atoms with Crippen LogP contribution in [0.25, 0.3) is 0 Å². The highest BCUT2D eigenvalue weighted by atomic mass is 28.4. The monoisotopic (exact) mass is 404 g/mol. The summed E-state index contributed by atoms with van der Waals surface area (Å²) in [6, 6.07) is 0. The summed E-state index contributed by atoms with van der Waals surface area (Å²) in [5.41, 5.74) is 0.389. The molecule has 28 heavy (non-hydrogen) atoms. The van der Waals surface area contributed by atoms with Gasteiger partial charge in [-0.3, -0.25) is 4.79 Å². The molecular formula is C25H44O2Si. The highest BCUT2D eigenvalue weighted by Gasteiger charge is 2.59. The van der Waals surface area contributed by atoms with Gasteiger partial charge in [0, 0.05) is 12.3 Å². The lowest BCUT2D eigenvalue weighted by Gasteiger charge is -2.56. The Balaban J connectivity index is 1.52. The lowest BCUT2D eigenvalue weighted by molar-refractivity contribution is -0.133. The third-order valence-electron chi connectivity index (χ3n) is 10.3. The van der Waals surface area contributed by atoms with Crippen molar-refractivity contribution in [1.82, 2.24) is 0 Å². The molecule has 4 rings (SSSR count). The van der Waals surface area contributed by atoms with E-state index in [9.17, 15) is 4.79 Å². The molecule has 0 aliphatic heterocycles. The van der Waals surface area contributed by atoms with Crippen molar-refractivity contribution in [3.63, 3.8) is 0 Å². The molecule has 0 bridgehead atoms. The Bertz CT molecular complexity index is 621. The molecule has 4 saturated carbocycles. The van der Waals surface area contributed by atoms with Gasteiger partial charge >= 0.3 is 0 Å². The van der Waals surface area contributed by atoms with Gasteiger partial charge in [0.2, 0.25) is 0 Å². The minimum atomic E-state index is -1.72. The average molecular weight is 405 g/mol. The van der Waals surface area contributed by atoms with Crippen LogP contribution in [-0.2, 0) is 9.22 Å². The van der Waals surface area contributed by atoms with Crippen molar-refractivity contribution in [3.05, 3.63) is 0 Å². The Morgan fingerprint density at radius 3 is 2.39 bits per heavy atom. The summed E-state index contributed by atoms with van der Waals surface area (Å²) in [5, 5.41) is 0.293. The van der Waals surface area contributed by atoms with Crippen LogP contribution >= 0.6 is 0 Å². The first kappa shape index (κ1) is 21.1. The average Bonchev–Trinajstić information content (AvgIpc) is 2.91. The molecule has 4 fully saturated rings. The van der Waals surface area contributed by atoms with Gasteiger partial charge in [-0.05, 0) is 98.1 Å². The number of carbonyl (C=O) groups excluding carboxylic acids is 1. The van der Waals surface area contributed by atoms with Crippen LogP contribution in [0.4, 0.5) is 0 Å². The summed E-state index contributed by atoms with van der Waals surface area (Å²) in [6.07, 6.45) is 10.6. The normalized spacial score (nSPS) is 46.7. The molecule has 0 spiro atoms. The quantitative estimate of drug-likeness (QED) is 0.471. The van der Waals surface area contributed by atoms with E-state index in [1.807, 2.05) is 0 Å². The maximum absolute atomic E-state index is 12.3. The van der Waals surface area contributed by atoms with Gasteiger partial charge in [-0.15, -0.1) is 0 Å². The maximum atomic E-state index is 12.3. The van der Waals surface area contributed by atoms with Crippen LogP contribution in [0.15, 0.2) is 0 Å². The van der Waals surface area contributed by atoms with Crippen LogP contribution in [0.2, 0.25) is 18.1 Å². The van der Waals surface area contributed by atoms with Gasteiger partial charge in [0.05, 0.1) is 6.10 Å². The lowest BCUT2D eigenvalue weighted by atomic mass is 9.50. The summed E-state index contributed by atoms with van der Waals surface area (Å²) in [6.45, 7) is 16.8. The van der Waals surface area contributed by atoms with Crippen LogP contribution in [0.3, 0.4) is 0 Å². The zero-order chi connectivity index (χ0) is 20.5. The van der Waals surface area contributed by atoms with E-state index in [1.165, 1.54) is 44.9 Å². The van der Waals surface area contributed by atoms with Crippen molar-refractivity contribution in [2.75, 3.05) is 0 Å². The summed E-state index contributed by atoms with van der Waals surface area (Å²) in [7, 11) is -1.72. The second-order valence-corrected chi connectivity index (χ2v) is 17.5. The Hall–Kier alpha value is -0.153. The van der Waals surface area contributed by atoms with E-state index in [0.29, 0.717) is 34.2 Å². The van der Waals surface area contributed by atoms with E-state index < -0.39 is 8.32 Å². The highest BCUT2D eigenvalue weighted by molar-refractivity contribution is 6.74. The molecule has 2 nitrogen and oxygen atoms in total. The van der Waals surface area contributed by atoms with Gasteiger partial charge in [-0.25, -0.2) is 0 Å². The van der Waals surface area contributed by atoms with Crippen molar-refractivity contribution in [3.8, 4) is 0 Å². The fourth-order valence-corrected chi connectivity index (χ4v) is 8.98. The minimum Gasteiger partial charge on any atom is -0.413 e. The summed E-state index contributed by atoms with van der Waals surface area (Å²) in [5.74, 6) is 5.03. The SMILES string of the molecule is CC1C[C@H]2C(CC[C@@H]3C2CC[C@]2(C)C(O[Si](C)(C)C(C)(C)C)CCC32)CC1=O. The standard InChI is InChI=1S/C25H44O2Si/c1-16-14-20-17(15-22(16)26)8-9-19-18(20)12-13-25(5)21(19)10-11-23(25)27-28(6,7)24(2,3)4/h16-21,23H,8-15H2,1-7H3/t16?,17?,18?,19-,20+,21?,23?,25+/m1/s1. The van der Waals surface area contributed by atoms with Crippen LogP contribution in [0.5, 0.6) is 0 Å². The summed E-state index contributed by atoms with van der Waals surface area (Å²) >= 11 is 0. The van der Waals surface area contributed by atoms with Crippen LogP contribution in [0.1, 0.15) is 86.0 Å². The molecule has 0 heterocycles. The largest absolute Gasteiger partial charge is 0.413 e. The fourth-order valence-electron chi connectivity index (χ4n) is 7.53. The number of rotatable bonds is 2. The Kier molecular flexibility index (Phi) is 5.23. The molecule has 0 aromatic heterocycles. The van der Waals surface area contributed by atoms with E-state index in [1.54, 1.807) is 0 Å². The third kappa shape index (κ3) is 3.27. The zero-order valence-corrected chi connectivity index (χ0v) is 20.5. The lowest BCUT2D eigenvalue weighted by Crippen LogP contribution is -2.53. The Labute approximate surface area is 174 Å². The van der Waals surface area contributed by atoms with E-state index in [4.69, 9.17) is 4.43 Å². The maximum Gasteiger partial charge on any atom is 0.192 e. The molecule has 0 aromatic carbocycles. The van der Waals surface area contributed by atoms with Crippen LogP contribution in [0, 0.1) is 40.9 Å². The van der Waals surface area contributed by atoms with Crippen molar-refractivity contribution in [2.24, 2.45) is 40.9 Å². The molecule has 3 heteroatoms. The first-order valence-electron chi connectivity index (χ1n) is 12.1. The number of carbonyl (C=O) groups is 1. The van der Waals surface area contributed by atoms with Crippen molar-refractivity contribution in [2.45, 2.75) is 110 Å². The van der Waals surface area contributed by atoms with Crippen molar-refractivity contribution in [1.29, 1.82) is 0 Å². The summed E-state index contributed by atoms with van der Waals surface area (Å²) < 4.78 is 7.05. The Morgan fingerprint density at radius 2 is 1.71 bits per heavy atom. The first-order valence-corrected chi connectivity index (χ1v) is 15.1. The molecule has 0 radical (unpaired) electrons. The smallest absolute Gasteiger partial charge is 0.192 e. The van der Waals surface area contributed by atoms with Crippen LogP contribution < -0.4 is 0 Å². The number of hydrogen-bond acceptors (Lipinski definition) is 2. The van der Waals surface area contributed by atoms with Gasteiger partial charge in [0.1, 0.15) is 5.78 Å². The second kappa shape index (κ2) is 6.94. The zero-order valence-electron chi connectivity index (χ0n) is 19.5. The summed E-state index contributed by atoms with van der Waals surface area (Å²) in [4.78, 5) is 12.3. The Morgan fingerprint density at radius 1 is 1.00 bits per heavy atom. The van der Waals surface area contributed by atoms with E-state index in [0.717, 1.165) is 30.1 Å². The highest BCUT2D eigenvalue weighted by Crippen LogP contribution is 2.63. The van der Waals surface area contributed by atoms with E-state index in [2.05, 4.69) is 47.7 Å². The number of hydrogen-bond donors (Lipinski definition) is 0. The van der Waals surface area contributed by atoms with Crippen molar-refractivity contribution >= 4 is 14.1 Å². The molecule has 0 aromatic rings. The van der Waals surface area contributed by atoms with Crippen molar-refractivity contribution < 1.29 is 9.22 Å².